The predicted octanol–water partition coefficient (Wildman–Crippen LogP) is 12.1. The van der Waals surface area contributed by atoms with Crippen molar-refractivity contribution < 1.29 is 24.2 Å². The number of esters is 2. The van der Waals surface area contributed by atoms with Crippen LogP contribution >= 0.6 is 0 Å². The maximum atomic E-state index is 12.9. The summed E-state index contributed by atoms with van der Waals surface area (Å²) >= 11 is 0. The van der Waals surface area contributed by atoms with Crippen LogP contribution in [0.4, 0.5) is 0 Å². The molecule has 0 bridgehead atoms. The first-order chi connectivity index (χ1) is 25.6. The topological polar surface area (TPSA) is 76.1 Å². The normalized spacial score (nSPS) is 22.2. The number of fused-ring (bicyclic) bond motifs is 4. The second-order valence-electron chi connectivity index (χ2n) is 18.9. The van der Waals surface area contributed by atoms with Crippen molar-refractivity contribution >= 4 is 11.9 Å². The highest BCUT2D eigenvalue weighted by atomic mass is 16.6. The van der Waals surface area contributed by atoms with E-state index in [1.807, 2.05) is 0 Å². The first-order valence-corrected chi connectivity index (χ1v) is 23.3. The molecule has 0 heterocycles. The molecule has 3 fully saturated rings. The van der Waals surface area contributed by atoms with Gasteiger partial charge in [0.1, 0.15) is 5.60 Å². The van der Waals surface area contributed by atoms with E-state index < -0.39 is 5.60 Å². The lowest BCUT2D eigenvalue weighted by molar-refractivity contribution is -0.260. The number of ether oxygens (including phenoxy) is 2. The summed E-state index contributed by atoms with van der Waals surface area (Å²) in [7, 11) is 0. The van der Waals surface area contributed by atoms with E-state index in [0.717, 1.165) is 88.3 Å². The number of carbonyl (C=O) groups excluding carboxylic acids is 2. The molecule has 0 aromatic rings. The third-order valence-corrected chi connectivity index (χ3v) is 14.6. The largest absolute Gasteiger partial charge is 0.466 e. The van der Waals surface area contributed by atoms with Crippen LogP contribution in [-0.2, 0) is 19.1 Å². The van der Waals surface area contributed by atoms with Crippen LogP contribution in [0.2, 0.25) is 0 Å². The summed E-state index contributed by atoms with van der Waals surface area (Å²) in [5.41, 5.74) is -0.403. The van der Waals surface area contributed by atoms with E-state index in [2.05, 4.69) is 46.4 Å². The molecule has 5 atom stereocenters. The van der Waals surface area contributed by atoms with Crippen molar-refractivity contribution in [3.05, 3.63) is 0 Å². The summed E-state index contributed by atoms with van der Waals surface area (Å²) in [6, 6.07) is 0. The van der Waals surface area contributed by atoms with E-state index in [0.29, 0.717) is 31.3 Å². The average Bonchev–Trinajstić information content (AvgIpc) is 3.10. The molecule has 53 heavy (non-hydrogen) atoms. The molecule has 310 valence electrons. The fourth-order valence-electron chi connectivity index (χ4n) is 10.2. The van der Waals surface area contributed by atoms with Gasteiger partial charge in [-0.1, -0.05) is 118 Å². The summed E-state index contributed by atoms with van der Waals surface area (Å²) in [4.78, 5) is 27.8. The van der Waals surface area contributed by atoms with E-state index in [1.54, 1.807) is 0 Å². The van der Waals surface area contributed by atoms with Gasteiger partial charge in [-0.3, -0.25) is 9.59 Å². The first-order valence-electron chi connectivity index (χ1n) is 23.3. The maximum Gasteiger partial charge on any atom is 0.306 e. The summed E-state index contributed by atoms with van der Waals surface area (Å²) in [6.07, 6.45) is 29.8. The van der Waals surface area contributed by atoms with Crippen LogP contribution in [0, 0.1) is 40.9 Å². The fourth-order valence-corrected chi connectivity index (χ4v) is 10.2. The van der Waals surface area contributed by atoms with Gasteiger partial charge < -0.3 is 19.5 Å². The van der Waals surface area contributed by atoms with Gasteiger partial charge in [-0.25, -0.2) is 0 Å². The Balaban J connectivity index is 1.18. The number of hydrogen-bond donors (Lipinski definition) is 1. The van der Waals surface area contributed by atoms with Gasteiger partial charge in [-0.15, -0.1) is 0 Å². The van der Waals surface area contributed by atoms with Crippen molar-refractivity contribution in [3.8, 4) is 0 Å². The molecular formula is C47H87NO5. The molecule has 0 amide bonds. The first kappa shape index (κ1) is 46.2. The smallest absolute Gasteiger partial charge is 0.306 e. The zero-order valence-electron chi connectivity index (χ0n) is 35.9. The highest BCUT2D eigenvalue weighted by Crippen LogP contribution is 2.73. The number of aliphatic hydroxyl groups is 1. The van der Waals surface area contributed by atoms with Gasteiger partial charge in [-0.05, 0) is 133 Å². The molecule has 3 saturated carbocycles. The Morgan fingerprint density at radius 2 is 1.17 bits per heavy atom. The minimum absolute atomic E-state index is 0.00863. The number of carbonyl (C=O) groups is 2. The van der Waals surface area contributed by atoms with Crippen LogP contribution in [0.25, 0.3) is 0 Å². The van der Waals surface area contributed by atoms with Gasteiger partial charge in [0.25, 0.3) is 0 Å². The number of aliphatic hydroxyl groups excluding tert-OH is 1. The van der Waals surface area contributed by atoms with Gasteiger partial charge in [-0.2, -0.15) is 0 Å². The molecule has 3 aliphatic rings. The van der Waals surface area contributed by atoms with Gasteiger partial charge in [0.05, 0.1) is 6.61 Å². The molecule has 0 spiro atoms. The highest BCUT2D eigenvalue weighted by molar-refractivity contribution is 5.70. The van der Waals surface area contributed by atoms with E-state index in [9.17, 15) is 14.7 Å². The number of nitrogens with zero attached hydrogens (tertiary/aromatic N) is 1. The summed E-state index contributed by atoms with van der Waals surface area (Å²) in [5, 5.41) is 9.30. The zero-order valence-corrected chi connectivity index (χ0v) is 35.9. The molecule has 0 aromatic heterocycles. The van der Waals surface area contributed by atoms with Crippen molar-refractivity contribution in [2.45, 2.75) is 214 Å². The lowest BCUT2D eigenvalue weighted by atomic mass is 9.32. The Hall–Kier alpha value is -1.14. The van der Waals surface area contributed by atoms with Crippen molar-refractivity contribution in [2.24, 2.45) is 40.9 Å². The Kier molecular flexibility index (Phi) is 22.0. The third kappa shape index (κ3) is 15.4. The summed E-state index contributed by atoms with van der Waals surface area (Å²) < 4.78 is 11.8. The Morgan fingerprint density at radius 1 is 0.642 bits per heavy atom. The van der Waals surface area contributed by atoms with Crippen LogP contribution in [0.15, 0.2) is 0 Å². The molecule has 0 aliphatic heterocycles. The number of hydrogen-bond acceptors (Lipinski definition) is 6. The molecule has 3 aliphatic carbocycles. The lowest BCUT2D eigenvalue weighted by Crippen LogP contribution is -2.68. The molecular weight excluding hydrogens is 659 g/mol. The van der Waals surface area contributed by atoms with Gasteiger partial charge >= 0.3 is 11.9 Å². The molecule has 5 unspecified atom stereocenters. The van der Waals surface area contributed by atoms with Crippen molar-refractivity contribution in [3.63, 3.8) is 0 Å². The van der Waals surface area contributed by atoms with Crippen LogP contribution in [0.5, 0.6) is 0 Å². The quantitative estimate of drug-likeness (QED) is 0.0522. The lowest BCUT2D eigenvalue weighted by Gasteiger charge is -2.73. The van der Waals surface area contributed by atoms with Gasteiger partial charge in [0, 0.05) is 24.9 Å². The number of rotatable bonds is 34. The summed E-state index contributed by atoms with van der Waals surface area (Å²) in [5.74, 6) is 5.28. The fraction of sp³-hybridized carbons (Fsp3) is 0.957. The average molecular weight is 746 g/mol. The second kappa shape index (κ2) is 25.2. The highest BCUT2D eigenvalue weighted by Gasteiger charge is 2.68. The molecule has 0 aromatic carbocycles. The summed E-state index contributed by atoms with van der Waals surface area (Å²) in [6.45, 7) is 17.7. The number of unbranched alkanes of at least 4 members (excludes halogenated alkanes) is 13. The molecule has 0 radical (unpaired) electrons. The third-order valence-electron chi connectivity index (χ3n) is 14.6. The molecule has 1 N–H and O–H groups in total. The standard InChI is InChI=1S/C47H87NO5/c1-7-9-17-25-38(26-18-10-8-2)31-36-52-43(50)27-19-13-11-15-21-32-48(34-23-24-35-49)33-22-16-12-14-20-28-44(51)53-47(5,6)46(3,4)42-37-41-39-29-30-40(39)45(41)42/h38-42,45,49H,7-37H2,1-6H3. The monoisotopic (exact) mass is 746 g/mol. The zero-order chi connectivity index (χ0) is 38.5. The van der Waals surface area contributed by atoms with Gasteiger partial charge in [0.2, 0.25) is 0 Å². The van der Waals surface area contributed by atoms with Crippen molar-refractivity contribution in [1.29, 1.82) is 0 Å². The van der Waals surface area contributed by atoms with Crippen molar-refractivity contribution in [2.75, 3.05) is 32.8 Å². The predicted molar refractivity (Wildman–Crippen MR) is 221 cm³/mol. The maximum absolute atomic E-state index is 12.9. The Morgan fingerprint density at radius 3 is 1.70 bits per heavy atom. The van der Waals surface area contributed by atoms with E-state index >= 15 is 0 Å². The molecule has 3 rings (SSSR count). The molecule has 0 saturated heterocycles. The minimum Gasteiger partial charge on any atom is -0.466 e. The SMILES string of the molecule is CCCCCC(CCCCC)CCOC(=O)CCCCCCCN(CCCCO)CCCCCCCC(=O)OC(C)(C)C(C)(C)C1CC2C3CCC3C21. The van der Waals surface area contributed by atoms with E-state index in [1.165, 1.54) is 109 Å². The Labute approximate surface area is 328 Å². The van der Waals surface area contributed by atoms with Crippen LogP contribution in [0.1, 0.15) is 208 Å². The molecule has 6 nitrogen and oxygen atoms in total. The van der Waals surface area contributed by atoms with Crippen molar-refractivity contribution in [1.82, 2.24) is 4.90 Å². The van der Waals surface area contributed by atoms with Crippen LogP contribution in [0.3, 0.4) is 0 Å². The van der Waals surface area contributed by atoms with Crippen LogP contribution in [-0.4, -0.2) is 60.4 Å². The molecule has 6 heteroatoms. The van der Waals surface area contributed by atoms with E-state index in [-0.39, 0.29) is 24.0 Å². The Bertz CT molecular complexity index is 979. The second-order valence-corrected chi connectivity index (χ2v) is 18.9. The van der Waals surface area contributed by atoms with Gasteiger partial charge in [0.15, 0.2) is 0 Å². The van der Waals surface area contributed by atoms with Crippen LogP contribution < -0.4 is 0 Å². The van der Waals surface area contributed by atoms with E-state index in [4.69, 9.17) is 9.47 Å². The minimum atomic E-state index is -0.424.